The second-order valence-corrected chi connectivity index (χ2v) is 20.3. The number of hydrogen-bond donors (Lipinski definition) is 1. The first-order valence-electron chi connectivity index (χ1n) is 19.5. The van der Waals surface area contributed by atoms with Gasteiger partial charge in [-0.1, -0.05) is 67.7 Å². The van der Waals surface area contributed by atoms with Crippen molar-refractivity contribution >= 4 is 48.3 Å². The summed E-state index contributed by atoms with van der Waals surface area (Å²) in [5.41, 5.74) is 1.52. The molecule has 3 heterocycles. The highest BCUT2D eigenvalue weighted by Crippen LogP contribution is 2.60. The Labute approximate surface area is 325 Å². The highest BCUT2D eigenvalue weighted by Gasteiger charge is 2.66. The lowest BCUT2D eigenvalue weighted by Gasteiger charge is -2.37. The third kappa shape index (κ3) is 7.95. The summed E-state index contributed by atoms with van der Waals surface area (Å²) in [7, 11) is 0.447. The monoisotopic (exact) mass is 769 g/mol. The van der Waals surface area contributed by atoms with Gasteiger partial charge >= 0.3 is 5.97 Å². The van der Waals surface area contributed by atoms with Crippen molar-refractivity contribution in [1.82, 2.24) is 4.90 Å². The minimum atomic E-state index is -2.56. The van der Waals surface area contributed by atoms with Crippen molar-refractivity contribution in [2.45, 2.75) is 88.8 Å². The zero-order chi connectivity index (χ0) is 39.3. The number of methoxy groups -OCH3 is 2. The predicted octanol–water partition coefficient (Wildman–Crippen LogP) is 5.53. The molecule has 11 nitrogen and oxygen atoms in total. The molecule has 1 spiro atoms. The number of fused-ring (bicyclic) bond motifs is 2. The third-order valence-electron chi connectivity index (χ3n) is 12.0. The number of rotatable bonds is 15. The Hall–Kier alpha value is -4.52. The molecule has 0 unspecified atom stereocenters. The van der Waals surface area contributed by atoms with E-state index in [1.807, 2.05) is 65.6 Å². The van der Waals surface area contributed by atoms with Crippen LogP contribution in [0.2, 0.25) is 18.6 Å². The number of piperidine rings is 1. The van der Waals surface area contributed by atoms with Crippen LogP contribution in [0, 0.1) is 5.92 Å². The van der Waals surface area contributed by atoms with Gasteiger partial charge in [0.2, 0.25) is 11.8 Å². The number of anilines is 2. The summed E-state index contributed by atoms with van der Waals surface area (Å²) in [5, 5.41) is 11.2. The van der Waals surface area contributed by atoms with E-state index in [4.69, 9.17) is 14.2 Å². The molecule has 0 saturated carbocycles. The molecule has 2 fully saturated rings. The van der Waals surface area contributed by atoms with Crippen molar-refractivity contribution in [2.75, 3.05) is 50.3 Å². The Balaban J connectivity index is 1.43. The molecule has 4 atom stereocenters. The van der Waals surface area contributed by atoms with E-state index in [0.29, 0.717) is 44.5 Å². The smallest absolute Gasteiger partial charge is 0.305 e. The summed E-state index contributed by atoms with van der Waals surface area (Å²) in [5.74, 6) is -0.192. The van der Waals surface area contributed by atoms with E-state index in [1.54, 1.807) is 16.9 Å². The second-order valence-electron chi connectivity index (χ2n) is 15.6. The molecule has 1 N–H and O–H groups in total. The van der Waals surface area contributed by atoms with Crippen LogP contribution >= 0.6 is 0 Å². The maximum Gasteiger partial charge on any atom is 0.305 e. The van der Waals surface area contributed by atoms with Gasteiger partial charge in [0.05, 0.1) is 47.1 Å². The SMILES string of the molecule is COC(=O)CCCCN1C(=O)[C@]2(O[C@H](CC(=O)N(CCO)Cc3ccccc3)[C@@H]([Si](C)(C)c3ccc(OC)cc3)[C@@H]2C)c2cc(N3CCCCC3=O)ccc21. The maximum absolute atomic E-state index is 15.2. The summed E-state index contributed by atoms with van der Waals surface area (Å²) < 4.78 is 17.6. The Kier molecular flexibility index (Phi) is 12.5. The molecule has 3 amide bonds. The van der Waals surface area contributed by atoms with Crippen molar-refractivity contribution in [3.8, 4) is 5.75 Å². The molecule has 0 aliphatic carbocycles. The number of carbonyl (C=O) groups is 4. The van der Waals surface area contributed by atoms with Gasteiger partial charge in [-0.2, -0.15) is 0 Å². The maximum atomic E-state index is 15.2. The number of aliphatic hydroxyl groups is 1. The van der Waals surface area contributed by atoms with Crippen LogP contribution in [0.3, 0.4) is 0 Å². The van der Waals surface area contributed by atoms with Crippen LogP contribution in [0.1, 0.15) is 63.0 Å². The molecule has 0 aromatic heterocycles. The van der Waals surface area contributed by atoms with Crippen LogP contribution in [0.25, 0.3) is 0 Å². The molecule has 12 heteroatoms. The van der Waals surface area contributed by atoms with Crippen LogP contribution < -0.4 is 19.7 Å². The van der Waals surface area contributed by atoms with E-state index in [9.17, 15) is 19.5 Å². The van der Waals surface area contributed by atoms with E-state index in [1.165, 1.54) is 7.11 Å². The molecular weight excluding hydrogens is 715 g/mol. The van der Waals surface area contributed by atoms with E-state index in [0.717, 1.165) is 40.7 Å². The largest absolute Gasteiger partial charge is 0.497 e. The lowest BCUT2D eigenvalue weighted by Crippen LogP contribution is -2.52. The van der Waals surface area contributed by atoms with Crippen molar-refractivity contribution < 1.29 is 38.5 Å². The molecule has 55 heavy (non-hydrogen) atoms. The fraction of sp³-hybridized carbons (Fsp3) is 0.488. The minimum absolute atomic E-state index is 0.0300. The number of ether oxygens (including phenoxy) is 3. The van der Waals surface area contributed by atoms with E-state index in [2.05, 4.69) is 32.2 Å². The first kappa shape index (κ1) is 40.1. The summed E-state index contributed by atoms with van der Waals surface area (Å²) in [6, 6.07) is 23.6. The zero-order valence-corrected chi connectivity index (χ0v) is 33.8. The Bertz CT molecular complexity index is 1850. The first-order valence-corrected chi connectivity index (χ1v) is 22.6. The van der Waals surface area contributed by atoms with Crippen LogP contribution in [-0.4, -0.2) is 88.3 Å². The van der Waals surface area contributed by atoms with Crippen molar-refractivity contribution in [3.63, 3.8) is 0 Å². The molecule has 6 rings (SSSR count). The predicted molar refractivity (Wildman–Crippen MR) is 214 cm³/mol. The normalized spacial score (nSPS) is 22.3. The molecular formula is C43H55N3O8Si. The van der Waals surface area contributed by atoms with Gasteiger partial charge in [0.15, 0.2) is 5.60 Å². The topological polar surface area (TPSA) is 126 Å². The summed E-state index contributed by atoms with van der Waals surface area (Å²) in [6.45, 7) is 7.94. The Morgan fingerprint density at radius 3 is 2.42 bits per heavy atom. The fourth-order valence-corrected chi connectivity index (χ4v) is 13.1. The van der Waals surface area contributed by atoms with Crippen LogP contribution in [0.4, 0.5) is 11.4 Å². The van der Waals surface area contributed by atoms with Crippen LogP contribution in [-0.2, 0) is 40.8 Å². The van der Waals surface area contributed by atoms with E-state index in [-0.39, 0.29) is 61.1 Å². The average molecular weight is 770 g/mol. The summed E-state index contributed by atoms with van der Waals surface area (Å²) >= 11 is 0. The standard InChI is InChI=1S/C43H55N3O8Si/c1-30-41(55(4,5)34-20-18-33(52-2)19-21-34)37(28-39(49)44(25-26-47)29-31-13-7-6-8-14-31)54-43(30)35-27-32(45-23-11-9-15-38(45)48)17-22-36(35)46(42(43)51)24-12-10-16-40(50)53-3/h6-8,13-14,17-22,27,30,37,41,47H,9-12,15-16,23-26,28-29H2,1-5H3/t30-,37+,41-,43+/m0/s1. The lowest BCUT2D eigenvalue weighted by atomic mass is 9.82. The average Bonchev–Trinajstić information content (AvgIpc) is 3.62. The fourth-order valence-electron chi connectivity index (χ4n) is 9.13. The zero-order valence-electron chi connectivity index (χ0n) is 32.8. The van der Waals surface area contributed by atoms with E-state index >= 15 is 4.79 Å². The first-order chi connectivity index (χ1) is 26.5. The van der Waals surface area contributed by atoms with Crippen molar-refractivity contribution in [2.24, 2.45) is 5.92 Å². The van der Waals surface area contributed by atoms with E-state index < -0.39 is 19.8 Å². The second kappa shape index (κ2) is 17.1. The van der Waals surface area contributed by atoms with Gasteiger partial charge in [-0.15, -0.1) is 0 Å². The van der Waals surface area contributed by atoms with Crippen molar-refractivity contribution in [1.29, 1.82) is 0 Å². The van der Waals surface area contributed by atoms with Gasteiger partial charge in [-0.3, -0.25) is 19.2 Å². The molecule has 0 radical (unpaired) electrons. The number of carbonyl (C=O) groups excluding carboxylic acids is 4. The van der Waals surface area contributed by atoms with Gasteiger partial charge in [0, 0.05) is 56.2 Å². The van der Waals surface area contributed by atoms with Crippen molar-refractivity contribution in [3.05, 3.63) is 83.9 Å². The quantitative estimate of drug-likeness (QED) is 0.122. The molecule has 2 saturated heterocycles. The molecule has 3 aliphatic rings. The Morgan fingerprint density at radius 2 is 1.75 bits per heavy atom. The summed E-state index contributed by atoms with van der Waals surface area (Å²) in [6.07, 6.45) is 3.00. The molecule has 294 valence electrons. The number of amides is 3. The number of unbranched alkanes of at least 4 members (excludes halogenated alkanes) is 1. The van der Waals surface area contributed by atoms with Crippen LogP contribution in [0.15, 0.2) is 72.8 Å². The van der Waals surface area contributed by atoms with Gasteiger partial charge < -0.3 is 34.0 Å². The number of esters is 1. The third-order valence-corrected chi connectivity index (χ3v) is 16.4. The van der Waals surface area contributed by atoms with Gasteiger partial charge in [-0.25, -0.2) is 0 Å². The number of benzene rings is 3. The minimum Gasteiger partial charge on any atom is -0.497 e. The van der Waals surface area contributed by atoms with Gasteiger partial charge in [0.1, 0.15) is 5.75 Å². The van der Waals surface area contributed by atoms with Gasteiger partial charge in [0.25, 0.3) is 5.91 Å². The van der Waals surface area contributed by atoms with Crippen LogP contribution in [0.5, 0.6) is 5.75 Å². The highest BCUT2D eigenvalue weighted by atomic mass is 28.3. The van der Waals surface area contributed by atoms with Gasteiger partial charge in [-0.05, 0) is 67.1 Å². The molecule has 3 aromatic rings. The molecule has 0 bridgehead atoms. The number of aliphatic hydroxyl groups excluding tert-OH is 1. The lowest BCUT2D eigenvalue weighted by molar-refractivity contribution is -0.149. The highest BCUT2D eigenvalue weighted by molar-refractivity contribution is 6.91. The molecule has 3 aromatic carbocycles. The summed E-state index contributed by atoms with van der Waals surface area (Å²) in [4.78, 5) is 60.0. The number of nitrogens with zero attached hydrogens (tertiary/aromatic N) is 3. The number of hydrogen-bond acceptors (Lipinski definition) is 8. The Morgan fingerprint density at radius 1 is 1.00 bits per heavy atom. The molecule has 3 aliphatic heterocycles.